The molecule has 4 nitrogen and oxygen atoms in total. The van der Waals surface area contributed by atoms with E-state index in [1.165, 1.54) is 30.7 Å². The summed E-state index contributed by atoms with van der Waals surface area (Å²) in [4.78, 5) is 0. The van der Waals surface area contributed by atoms with Crippen LogP contribution in [-0.2, 0) is 10.1 Å². The first-order valence-corrected chi connectivity index (χ1v) is 9.09. The summed E-state index contributed by atoms with van der Waals surface area (Å²) in [5.74, 6) is -20.7. The van der Waals surface area contributed by atoms with E-state index in [0.717, 1.165) is 0 Å². The lowest BCUT2D eigenvalue weighted by molar-refractivity contribution is -0.921. The summed E-state index contributed by atoms with van der Waals surface area (Å²) in [6.07, 6.45) is 0. The summed E-state index contributed by atoms with van der Waals surface area (Å²) in [6, 6.07) is 0. The third kappa shape index (κ3) is 5.40. The summed E-state index contributed by atoms with van der Waals surface area (Å²) in [5, 5.41) is -7.04. The predicted octanol–water partition coefficient (Wildman–Crippen LogP) is 3.88. The Balaban J connectivity index is 0. The smallest absolute Gasteiger partial charge is 0.402 e. The van der Waals surface area contributed by atoms with Crippen molar-refractivity contribution >= 4 is 10.1 Å². The zero-order valence-corrected chi connectivity index (χ0v) is 15.8. The van der Waals surface area contributed by atoms with Crippen LogP contribution < -0.4 is 0 Å². The highest BCUT2D eigenvalue weighted by Gasteiger charge is 2.82. The van der Waals surface area contributed by atoms with Gasteiger partial charge in [0.1, 0.15) is 0 Å². The lowest BCUT2D eigenvalue weighted by Crippen LogP contribution is -2.64. The quantitative estimate of drug-likeness (QED) is 0.309. The van der Waals surface area contributed by atoms with Crippen LogP contribution in [0, 0.1) is 0 Å². The Morgan fingerprint density at radius 3 is 1.19 bits per heavy atom. The number of hydrogen-bond donors (Lipinski definition) is 0. The van der Waals surface area contributed by atoms with E-state index in [1.54, 1.807) is 0 Å². The number of hydrogen-bond acceptors (Lipinski definition) is 3. The summed E-state index contributed by atoms with van der Waals surface area (Å²) in [6.45, 7) is 10.8. The Labute approximate surface area is 151 Å². The molecule has 0 aromatic heterocycles. The third-order valence-electron chi connectivity index (χ3n) is 4.38. The van der Waals surface area contributed by atoms with E-state index in [0.29, 0.717) is 0 Å². The van der Waals surface area contributed by atoms with Gasteiger partial charge in [0.05, 0.1) is 26.2 Å². The average molecular weight is 443 g/mol. The largest absolute Gasteiger partial charge is 0.743 e. The molecular weight excluding hydrogens is 421 g/mol. The fourth-order valence-corrected chi connectivity index (χ4v) is 2.44. The van der Waals surface area contributed by atoms with Gasteiger partial charge in [-0.3, -0.25) is 0 Å². The van der Waals surface area contributed by atoms with E-state index >= 15 is 0 Å². The topological polar surface area (TPSA) is 57.2 Å². The highest BCUT2D eigenvalue weighted by Crippen LogP contribution is 2.54. The molecule has 0 aliphatic rings. The van der Waals surface area contributed by atoms with Crippen LogP contribution in [0.25, 0.3) is 0 Å². The molecule has 0 saturated carbocycles. The van der Waals surface area contributed by atoms with Gasteiger partial charge in [0, 0.05) is 0 Å². The SMILES string of the molecule is CC[N+](CC)(CC)CC.O=S(=O)([O-])C(F)(F)C(F)(F)C(F)(F)C(F)(F)CF. The zero-order chi connectivity index (χ0) is 22.5. The highest BCUT2D eigenvalue weighted by molar-refractivity contribution is 7.86. The average Bonchev–Trinajstić information content (AvgIpc) is 2.56. The summed E-state index contributed by atoms with van der Waals surface area (Å²) in [5.41, 5.74) is 0. The van der Waals surface area contributed by atoms with Crippen molar-refractivity contribution < 1.29 is 57.0 Å². The first-order valence-electron chi connectivity index (χ1n) is 7.68. The molecule has 0 fully saturated rings. The first-order chi connectivity index (χ1) is 11.8. The van der Waals surface area contributed by atoms with E-state index in [2.05, 4.69) is 27.7 Å². The second-order valence-electron chi connectivity index (χ2n) is 5.56. The van der Waals surface area contributed by atoms with E-state index in [9.17, 15) is 52.5 Å². The van der Waals surface area contributed by atoms with Crippen LogP contribution in [0.1, 0.15) is 27.7 Å². The van der Waals surface area contributed by atoms with E-state index in [1.807, 2.05) is 0 Å². The van der Waals surface area contributed by atoms with Gasteiger partial charge in [0.2, 0.25) is 0 Å². The summed E-state index contributed by atoms with van der Waals surface area (Å²) < 4.78 is 140. The molecule has 0 aromatic rings. The van der Waals surface area contributed by atoms with Gasteiger partial charge in [0.15, 0.2) is 16.8 Å². The molecule has 0 aliphatic carbocycles. The van der Waals surface area contributed by atoms with Crippen LogP contribution in [0.2, 0.25) is 0 Å². The van der Waals surface area contributed by atoms with Crippen molar-refractivity contribution in [3.8, 4) is 0 Å². The van der Waals surface area contributed by atoms with Crippen LogP contribution in [0.15, 0.2) is 0 Å². The highest BCUT2D eigenvalue weighted by atomic mass is 32.2. The minimum Gasteiger partial charge on any atom is -0.743 e. The van der Waals surface area contributed by atoms with Gasteiger partial charge < -0.3 is 9.04 Å². The van der Waals surface area contributed by atoms with Crippen LogP contribution in [0.4, 0.5) is 39.5 Å². The molecule has 0 bridgehead atoms. The molecule has 0 heterocycles. The van der Waals surface area contributed by atoms with E-state index < -0.39 is 39.8 Å². The summed E-state index contributed by atoms with van der Waals surface area (Å²) >= 11 is 0. The molecule has 0 amide bonds. The molecule has 0 aliphatic heterocycles. The molecule has 0 spiro atoms. The third-order valence-corrected chi connectivity index (χ3v) is 5.27. The molecule has 0 rings (SSSR count). The van der Waals surface area contributed by atoms with Crippen molar-refractivity contribution in [2.24, 2.45) is 0 Å². The van der Waals surface area contributed by atoms with Crippen molar-refractivity contribution in [1.29, 1.82) is 0 Å². The van der Waals surface area contributed by atoms with Gasteiger partial charge in [-0.05, 0) is 27.7 Å². The van der Waals surface area contributed by atoms with E-state index in [-0.39, 0.29) is 0 Å². The lowest BCUT2D eigenvalue weighted by atomic mass is 10.1. The number of halogens is 9. The number of quaternary nitrogens is 1. The second kappa shape index (κ2) is 9.16. The Bertz CT molecular complexity index is 546. The second-order valence-corrected chi connectivity index (χ2v) is 6.99. The van der Waals surface area contributed by atoms with Crippen LogP contribution >= 0.6 is 0 Å². The van der Waals surface area contributed by atoms with Crippen LogP contribution in [-0.4, -0.2) is 73.3 Å². The number of rotatable bonds is 9. The van der Waals surface area contributed by atoms with Crippen molar-refractivity contribution in [1.82, 2.24) is 0 Å². The van der Waals surface area contributed by atoms with E-state index in [4.69, 9.17) is 0 Å². The lowest BCUT2D eigenvalue weighted by Gasteiger charge is -2.36. The Hall–Kier alpha value is -0.760. The number of alkyl halides is 9. The normalized spacial score (nSPS) is 14.6. The van der Waals surface area contributed by atoms with Gasteiger partial charge in [-0.15, -0.1) is 0 Å². The monoisotopic (exact) mass is 443 g/mol. The molecule has 27 heavy (non-hydrogen) atoms. The fraction of sp³-hybridized carbons (Fsp3) is 1.00. The maximum Gasteiger partial charge on any atom is 0.402 e. The molecule has 0 saturated heterocycles. The van der Waals surface area contributed by atoms with Crippen molar-refractivity contribution in [3.63, 3.8) is 0 Å². The fourth-order valence-electron chi connectivity index (χ4n) is 1.99. The molecule has 0 atom stereocenters. The molecule has 166 valence electrons. The van der Waals surface area contributed by atoms with Crippen molar-refractivity contribution in [3.05, 3.63) is 0 Å². The molecule has 14 heteroatoms. The standard InChI is InChI=1S/C8H20N.C5H3F9O3S/c1-5-9(6-2,7-3)8-4;6-1-2(7,8)3(9,10)4(11,12)5(13,14)18(15,16)17/h5-8H2,1-4H3;1H2,(H,15,16,17)/q+1;/p-1. The van der Waals surface area contributed by atoms with Crippen LogP contribution in [0.5, 0.6) is 0 Å². The van der Waals surface area contributed by atoms with Crippen molar-refractivity contribution in [2.75, 3.05) is 32.9 Å². The summed E-state index contributed by atoms with van der Waals surface area (Å²) in [7, 11) is -7.38. The molecule has 0 aromatic carbocycles. The van der Waals surface area contributed by atoms with Gasteiger partial charge in [-0.2, -0.15) is 35.1 Å². The maximum atomic E-state index is 12.4. The van der Waals surface area contributed by atoms with Crippen molar-refractivity contribution in [2.45, 2.75) is 50.7 Å². The van der Waals surface area contributed by atoms with Gasteiger partial charge in [-0.1, -0.05) is 0 Å². The van der Waals surface area contributed by atoms with Gasteiger partial charge in [0.25, 0.3) is 0 Å². The Kier molecular flexibility index (Phi) is 9.65. The maximum absolute atomic E-state index is 12.4. The molecule has 0 radical (unpaired) electrons. The minimum atomic E-state index is -7.38. The Morgan fingerprint density at radius 1 is 0.741 bits per heavy atom. The van der Waals surface area contributed by atoms with Crippen LogP contribution in [0.3, 0.4) is 0 Å². The molecule has 0 N–H and O–H groups in total. The Morgan fingerprint density at radius 2 is 1.04 bits per heavy atom. The van der Waals surface area contributed by atoms with Gasteiger partial charge >= 0.3 is 23.0 Å². The number of nitrogens with zero attached hydrogens (tertiary/aromatic N) is 1. The van der Waals surface area contributed by atoms with Gasteiger partial charge in [-0.25, -0.2) is 12.8 Å². The first kappa shape index (κ1) is 28.4. The molecule has 0 unspecified atom stereocenters. The predicted molar refractivity (Wildman–Crippen MR) is 77.9 cm³/mol. The zero-order valence-electron chi connectivity index (χ0n) is 15.0. The minimum absolute atomic E-state index is 1.28. The molecular formula is C13H22F9NO3S.